The Hall–Kier alpha value is -2.01. The largest absolute Gasteiger partial charge is 0.494 e. The third-order valence-corrected chi connectivity index (χ3v) is 5.30. The molecule has 0 bridgehead atoms. The van der Waals surface area contributed by atoms with Gasteiger partial charge in [0.1, 0.15) is 5.75 Å². The van der Waals surface area contributed by atoms with E-state index in [9.17, 15) is 8.42 Å². The van der Waals surface area contributed by atoms with Crippen molar-refractivity contribution in [1.29, 1.82) is 0 Å². The predicted octanol–water partition coefficient (Wildman–Crippen LogP) is 4.96. The summed E-state index contributed by atoms with van der Waals surface area (Å²) in [5, 5.41) is 0. The number of benzene rings is 2. The van der Waals surface area contributed by atoms with Crippen LogP contribution in [-0.4, -0.2) is 15.0 Å². The van der Waals surface area contributed by atoms with Crippen molar-refractivity contribution in [2.24, 2.45) is 0 Å². The molecule has 2 rings (SSSR count). The van der Waals surface area contributed by atoms with Crippen molar-refractivity contribution in [3.05, 3.63) is 54.1 Å². The van der Waals surface area contributed by atoms with Crippen LogP contribution >= 0.6 is 0 Å². The summed E-state index contributed by atoms with van der Waals surface area (Å²) in [6.45, 7) is 9.06. The lowest BCUT2D eigenvalue weighted by Gasteiger charge is -2.19. The van der Waals surface area contributed by atoms with Gasteiger partial charge in [-0.3, -0.25) is 4.72 Å². The second kappa shape index (κ2) is 7.91. The first-order chi connectivity index (χ1) is 11.7. The van der Waals surface area contributed by atoms with Gasteiger partial charge in [-0.25, -0.2) is 8.42 Å². The fourth-order valence-corrected chi connectivity index (χ4v) is 3.36. The molecule has 0 saturated heterocycles. The second-order valence-electron chi connectivity index (χ2n) is 7.11. The standard InChI is InChI=1S/C20H27NO3S/c1-5-6-15-24-18-11-9-17(10-12-18)21-25(22,23)19-13-7-16(8-14-19)20(2,3)4/h7-14,21H,5-6,15H2,1-4H3. The molecular weight excluding hydrogens is 334 g/mol. The van der Waals surface area contributed by atoms with Crippen LogP contribution in [0.3, 0.4) is 0 Å². The zero-order valence-corrected chi connectivity index (χ0v) is 16.2. The second-order valence-corrected chi connectivity index (χ2v) is 8.79. The molecule has 25 heavy (non-hydrogen) atoms. The van der Waals surface area contributed by atoms with Crippen molar-refractivity contribution in [3.63, 3.8) is 0 Å². The van der Waals surface area contributed by atoms with Crippen LogP contribution in [0.25, 0.3) is 0 Å². The molecule has 0 aliphatic carbocycles. The normalized spacial score (nSPS) is 12.0. The van der Waals surface area contributed by atoms with Crippen molar-refractivity contribution in [3.8, 4) is 5.75 Å². The minimum Gasteiger partial charge on any atom is -0.494 e. The number of sulfonamides is 1. The lowest BCUT2D eigenvalue weighted by molar-refractivity contribution is 0.309. The van der Waals surface area contributed by atoms with Gasteiger partial charge in [-0.15, -0.1) is 0 Å². The molecule has 0 unspecified atom stereocenters. The van der Waals surface area contributed by atoms with Crippen molar-refractivity contribution >= 4 is 15.7 Å². The zero-order valence-electron chi connectivity index (χ0n) is 15.4. The molecule has 0 aliphatic heterocycles. The molecule has 136 valence electrons. The van der Waals surface area contributed by atoms with Crippen molar-refractivity contribution < 1.29 is 13.2 Å². The Morgan fingerprint density at radius 1 is 0.960 bits per heavy atom. The summed E-state index contributed by atoms with van der Waals surface area (Å²) in [6, 6.07) is 14.0. The summed E-state index contributed by atoms with van der Waals surface area (Å²) in [5.74, 6) is 0.742. The van der Waals surface area contributed by atoms with E-state index in [0.717, 1.165) is 24.2 Å². The molecule has 1 N–H and O–H groups in total. The van der Waals surface area contributed by atoms with Crippen LogP contribution < -0.4 is 9.46 Å². The highest BCUT2D eigenvalue weighted by Crippen LogP contribution is 2.25. The molecule has 2 aromatic carbocycles. The van der Waals surface area contributed by atoms with Gasteiger partial charge in [0.15, 0.2) is 0 Å². The lowest BCUT2D eigenvalue weighted by Crippen LogP contribution is -2.14. The van der Waals surface area contributed by atoms with Crippen molar-refractivity contribution in [2.45, 2.75) is 50.8 Å². The SMILES string of the molecule is CCCCOc1ccc(NS(=O)(=O)c2ccc(C(C)(C)C)cc2)cc1. The van der Waals surface area contributed by atoms with Crippen LogP contribution in [0.1, 0.15) is 46.1 Å². The van der Waals surface area contributed by atoms with E-state index in [1.807, 2.05) is 12.1 Å². The Bertz CT molecular complexity index is 773. The minimum atomic E-state index is -3.60. The Balaban J connectivity index is 2.08. The Morgan fingerprint density at radius 2 is 1.56 bits per heavy atom. The summed E-state index contributed by atoms with van der Waals surface area (Å²) in [6.07, 6.45) is 2.07. The van der Waals surface area contributed by atoms with Crippen LogP contribution in [0.2, 0.25) is 0 Å². The van der Waals surface area contributed by atoms with Gasteiger partial charge < -0.3 is 4.74 Å². The van der Waals surface area contributed by atoms with Gasteiger partial charge in [-0.1, -0.05) is 46.2 Å². The molecule has 4 nitrogen and oxygen atoms in total. The first kappa shape index (κ1) is 19.3. The van der Waals surface area contributed by atoms with Crippen LogP contribution in [-0.2, 0) is 15.4 Å². The molecule has 5 heteroatoms. The number of nitrogens with one attached hydrogen (secondary N) is 1. The average molecular weight is 362 g/mol. The van der Waals surface area contributed by atoms with Crippen molar-refractivity contribution in [1.82, 2.24) is 0 Å². The van der Waals surface area contributed by atoms with E-state index in [2.05, 4.69) is 32.4 Å². The van der Waals surface area contributed by atoms with Crippen molar-refractivity contribution in [2.75, 3.05) is 11.3 Å². The Morgan fingerprint density at radius 3 is 2.08 bits per heavy atom. The van der Waals surface area contributed by atoms with Crippen LogP contribution in [0.4, 0.5) is 5.69 Å². The molecule has 0 radical (unpaired) electrons. The molecule has 0 aliphatic rings. The molecule has 0 spiro atoms. The highest BCUT2D eigenvalue weighted by Gasteiger charge is 2.17. The lowest BCUT2D eigenvalue weighted by atomic mass is 9.87. The van der Waals surface area contributed by atoms with E-state index in [4.69, 9.17) is 4.74 Å². The van der Waals surface area contributed by atoms with Crippen LogP contribution in [0, 0.1) is 0 Å². The number of hydrogen-bond donors (Lipinski definition) is 1. The first-order valence-corrected chi connectivity index (χ1v) is 10.1. The maximum Gasteiger partial charge on any atom is 0.261 e. The molecule has 0 aromatic heterocycles. The van der Waals surface area contributed by atoms with Gasteiger partial charge in [-0.05, 0) is 53.8 Å². The number of unbranched alkanes of at least 4 members (excludes halogenated alkanes) is 1. The number of anilines is 1. The fraction of sp³-hybridized carbons (Fsp3) is 0.400. The van der Waals surface area contributed by atoms with Gasteiger partial charge in [0.25, 0.3) is 10.0 Å². The van der Waals surface area contributed by atoms with E-state index >= 15 is 0 Å². The summed E-state index contributed by atoms with van der Waals surface area (Å²) in [4.78, 5) is 0.253. The average Bonchev–Trinajstić information content (AvgIpc) is 2.56. The molecule has 0 amide bonds. The van der Waals surface area contributed by atoms with Crippen LogP contribution in [0.15, 0.2) is 53.4 Å². The maximum atomic E-state index is 12.5. The summed E-state index contributed by atoms with van der Waals surface area (Å²) in [7, 11) is -3.60. The zero-order chi connectivity index (χ0) is 18.5. The summed E-state index contributed by atoms with van der Waals surface area (Å²) in [5.41, 5.74) is 1.60. The molecule has 0 saturated carbocycles. The topological polar surface area (TPSA) is 55.4 Å². The highest BCUT2D eigenvalue weighted by atomic mass is 32.2. The summed E-state index contributed by atoms with van der Waals surface area (Å²) < 4.78 is 33.2. The highest BCUT2D eigenvalue weighted by molar-refractivity contribution is 7.92. The Kier molecular flexibility index (Phi) is 6.11. The smallest absolute Gasteiger partial charge is 0.261 e. The van der Waals surface area contributed by atoms with Gasteiger partial charge in [0, 0.05) is 5.69 Å². The third-order valence-electron chi connectivity index (χ3n) is 3.90. The van der Waals surface area contributed by atoms with E-state index in [0.29, 0.717) is 12.3 Å². The van der Waals surface area contributed by atoms with E-state index in [-0.39, 0.29) is 10.3 Å². The van der Waals surface area contributed by atoms with E-state index < -0.39 is 10.0 Å². The molecule has 0 atom stereocenters. The van der Waals surface area contributed by atoms with Crippen LogP contribution in [0.5, 0.6) is 5.75 Å². The fourth-order valence-electron chi connectivity index (χ4n) is 2.30. The number of hydrogen-bond acceptors (Lipinski definition) is 3. The van der Waals surface area contributed by atoms with E-state index in [1.54, 1.807) is 36.4 Å². The first-order valence-electron chi connectivity index (χ1n) is 8.58. The van der Waals surface area contributed by atoms with Gasteiger partial charge in [0.2, 0.25) is 0 Å². The third kappa shape index (κ3) is 5.49. The van der Waals surface area contributed by atoms with E-state index in [1.165, 1.54) is 0 Å². The van der Waals surface area contributed by atoms with Gasteiger partial charge in [0.05, 0.1) is 11.5 Å². The van der Waals surface area contributed by atoms with Gasteiger partial charge >= 0.3 is 0 Å². The molecular formula is C20H27NO3S. The molecule has 0 fully saturated rings. The Labute approximate surface area is 151 Å². The van der Waals surface area contributed by atoms with Gasteiger partial charge in [-0.2, -0.15) is 0 Å². The summed E-state index contributed by atoms with van der Waals surface area (Å²) >= 11 is 0. The quantitative estimate of drug-likeness (QED) is 0.709. The monoisotopic (exact) mass is 361 g/mol. The maximum absolute atomic E-state index is 12.5. The molecule has 2 aromatic rings. The molecule has 0 heterocycles. The number of ether oxygens (including phenoxy) is 1. The minimum absolute atomic E-state index is 0.0106. The number of rotatable bonds is 7. The predicted molar refractivity (Wildman–Crippen MR) is 103 cm³/mol.